The van der Waals surface area contributed by atoms with Gasteiger partial charge in [-0.3, -0.25) is 4.79 Å². The van der Waals surface area contributed by atoms with E-state index in [1.54, 1.807) is 24.3 Å². The van der Waals surface area contributed by atoms with Crippen LogP contribution in [-0.4, -0.2) is 12.5 Å². The van der Waals surface area contributed by atoms with E-state index in [-0.39, 0.29) is 5.91 Å². The SMILES string of the molecule is O=C(CCCOc1cccc2ccccc12)Nc1ccc2oc(=O)ccc2c1. The number of ether oxygens (including phenoxy) is 1. The summed E-state index contributed by atoms with van der Waals surface area (Å²) in [4.78, 5) is 23.4. The van der Waals surface area contributed by atoms with Crippen molar-refractivity contribution in [3.05, 3.63) is 83.2 Å². The molecule has 0 radical (unpaired) electrons. The summed E-state index contributed by atoms with van der Waals surface area (Å²) in [6.45, 7) is 0.463. The average molecular weight is 373 g/mol. The molecule has 1 N–H and O–H groups in total. The van der Waals surface area contributed by atoms with Crippen molar-refractivity contribution >= 4 is 33.3 Å². The second-order valence-electron chi connectivity index (χ2n) is 6.48. The van der Waals surface area contributed by atoms with Crippen LogP contribution in [0.15, 0.2) is 82.0 Å². The van der Waals surface area contributed by atoms with Gasteiger partial charge in [0.25, 0.3) is 0 Å². The van der Waals surface area contributed by atoms with Crippen LogP contribution >= 0.6 is 0 Å². The number of hydrogen-bond acceptors (Lipinski definition) is 4. The second kappa shape index (κ2) is 7.96. The lowest BCUT2D eigenvalue weighted by molar-refractivity contribution is -0.116. The zero-order valence-corrected chi connectivity index (χ0v) is 15.2. The van der Waals surface area contributed by atoms with Gasteiger partial charge in [-0.2, -0.15) is 0 Å². The number of rotatable bonds is 6. The van der Waals surface area contributed by atoms with Crippen LogP contribution in [0.25, 0.3) is 21.7 Å². The standard InChI is InChI=1S/C23H19NO4/c25-22(24-18-11-12-20-17(15-18)10-13-23(26)28-20)9-4-14-27-21-8-3-6-16-5-1-2-7-19(16)21/h1-3,5-8,10-13,15H,4,9,14H2,(H,24,25). The molecule has 0 atom stereocenters. The third-order valence-electron chi connectivity index (χ3n) is 4.46. The Bertz CT molecular complexity index is 1190. The summed E-state index contributed by atoms with van der Waals surface area (Å²) >= 11 is 0. The summed E-state index contributed by atoms with van der Waals surface area (Å²) in [5.41, 5.74) is 0.769. The molecular formula is C23H19NO4. The monoisotopic (exact) mass is 373 g/mol. The zero-order valence-electron chi connectivity index (χ0n) is 15.2. The van der Waals surface area contributed by atoms with Crippen molar-refractivity contribution in [3.8, 4) is 5.75 Å². The van der Waals surface area contributed by atoms with Crippen LogP contribution in [0.3, 0.4) is 0 Å². The van der Waals surface area contributed by atoms with Gasteiger partial charge >= 0.3 is 5.63 Å². The summed E-state index contributed by atoms with van der Waals surface area (Å²) < 4.78 is 11.0. The second-order valence-corrected chi connectivity index (χ2v) is 6.48. The van der Waals surface area contributed by atoms with E-state index in [4.69, 9.17) is 9.15 Å². The van der Waals surface area contributed by atoms with E-state index in [9.17, 15) is 9.59 Å². The summed E-state index contributed by atoms with van der Waals surface area (Å²) in [5.74, 6) is 0.743. The Labute approximate surface area is 161 Å². The van der Waals surface area contributed by atoms with Gasteiger partial charge in [-0.15, -0.1) is 0 Å². The van der Waals surface area contributed by atoms with Gasteiger partial charge in [0.05, 0.1) is 6.61 Å². The zero-order chi connectivity index (χ0) is 19.3. The topological polar surface area (TPSA) is 68.5 Å². The van der Waals surface area contributed by atoms with Crippen LogP contribution in [0.1, 0.15) is 12.8 Å². The lowest BCUT2D eigenvalue weighted by Crippen LogP contribution is -2.12. The predicted octanol–water partition coefficient (Wildman–Crippen LogP) is 4.74. The molecule has 0 spiro atoms. The molecular weight excluding hydrogens is 354 g/mol. The van der Waals surface area contributed by atoms with Gasteiger partial charge in [0.1, 0.15) is 11.3 Å². The number of carbonyl (C=O) groups is 1. The van der Waals surface area contributed by atoms with Crippen molar-refractivity contribution in [1.29, 1.82) is 0 Å². The molecule has 5 heteroatoms. The molecule has 0 bridgehead atoms. The van der Waals surface area contributed by atoms with Gasteiger partial charge < -0.3 is 14.5 Å². The molecule has 5 nitrogen and oxygen atoms in total. The fourth-order valence-electron chi connectivity index (χ4n) is 3.11. The van der Waals surface area contributed by atoms with Gasteiger partial charge in [-0.25, -0.2) is 4.79 Å². The van der Waals surface area contributed by atoms with E-state index in [1.807, 2.05) is 42.5 Å². The molecule has 1 amide bonds. The van der Waals surface area contributed by atoms with Crippen LogP contribution in [-0.2, 0) is 4.79 Å². The van der Waals surface area contributed by atoms with Crippen LogP contribution in [0.4, 0.5) is 5.69 Å². The van der Waals surface area contributed by atoms with E-state index < -0.39 is 5.63 Å². The molecule has 4 rings (SSSR count). The maximum absolute atomic E-state index is 12.2. The molecule has 0 aliphatic carbocycles. The van der Waals surface area contributed by atoms with Crippen molar-refractivity contribution in [2.24, 2.45) is 0 Å². The molecule has 0 saturated carbocycles. The summed E-state index contributed by atoms with van der Waals surface area (Å²) in [7, 11) is 0. The molecule has 0 aliphatic rings. The molecule has 0 saturated heterocycles. The number of carbonyl (C=O) groups excluding carboxylic acids is 1. The number of fused-ring (bicyclic) bond motifs is 2. The molecule has 140 valence electrons. The maximum Gasteiger partial charge on any atom is 0.336 e. The first-order valence-corrected chi connectivity index (χ1v) is 9.13. The van der Waals surface area contributed by atoms with Crippen molar-refractivity contribution in [1.82, 2.24) is 0 Å². The van der Waals surface area contributed by atoms with Gasteiger partial charge in [0.15, 0.2) is 0 Å². The Morgan fingerprint density at radius 2 is 1.79 bits per heavy atom. The Morgan fingerprint density at radius 3 is 2.71 bits per heavy atom. The van der Waals surface area contributed by atoms with Crippen LogP contribution < -0.4 is 15.7 Å². The Kier molecular flexibility index (Phi) is 5.06. The fraction of sp³-hybridized carbons (Fsp3) is 0.130. The number of hydrogen-bond donors (Lipinski definition) is 1. The highest BCUT2D eigenvalue weighted by atomic mass is 16.5. The molecule has 3 aromatic carbocycles. The summed E-state index contributed by atoms with van der Waals surface area (Å²) in [6, 6.07) is 22.2. The van der Waals surface area contributed by atoms with Gasteiger partial charge in [-0.05, 0) is 42.1 Å². The van der Waals surface area contributed by atoms with E-state index in [1.165, 1.54) is 6.07 Å². The van der Waals surface area contributed by atoms with Crippen molar-refractivity contribution in [3.63, 3.8) is 0 Å². The van der Waals surface area contributed by atoms with Gasteiger partial charge in [0.2, 0.25) is 5.91 Å². The Hall–Kier alpha value is -3.60. The molecule has 1 heterocycles. The number of benzene rings is 3. The molecule has 28 heavy (non-hydrogen) atoms. The van der Waals surface area contributed by atoms with E-state index in [0.717, 1.165) is 21.9 Å². The highest BCUT2D eigenvalue weighted by Gasteiger charge is 2.06. The first-order chi connectivity index (χ1) is 13.7. The highest BCUT2D eigenvalue weighted by Crippen LogP contribution is 2.25. The number of anilines is 1. The quantitative estimate of drug-likeness (QED) is 0.391. The smallest absolute Gasteiger partial charge is 0.336 e. The predicted molar refractivity (Wildman–Crippen MR) is 110 cm³/mol. The third-order valence-corrected chi connectivity index (χ3v) is 4.46. The number of nitrogens with one attached hydrogen (secondary N) is 1. The minimum atomic E-state index is -0.393. The molecule has 0 fully saturated rings. The third kappa shape index (κ3) is 4.04. The Morgan fingerprint density at radius 1 is 0.929 bits per heavy atom. The van der Waals surface area contributed by atoms with E-state index >= 15 is 0 Å². The fourth-order valence-corrected chi connectivity index (χ4v) is 3.11. The van der Waals surface area contributed by atoms with Crippen molar-refractivity contribution < 1.29 is 13.9 Å². The first-order valence-electron chi connectivity index (χ1n) is 9.13. The van der Waals surface area contributed by atoms with Crippen LogP contribution in [0.5, 0.6) is 5.75 Å². The molecule has 4 aromatic rings. The van der Waals surface area contributed by atoms with Gasteiger partial charge in [-0.1, -0.05) is 36.4 Å². The van der Waals surface area contributed by atoms with Crippen molar-refractivity contribution in [2.75, 3.05) is 11.9 Å². The van der Waals surface area contributed by atoms with Crippen molar-refractivity contribution in [2.45, 2.75) is 12.8 Å². The van der Waals surface area contributed by atoms with Crippen LogP contribution in [0.2, 0.25) is 0 Å². The first kappa shape index (κ1) is 17.8. The molecule has 0 aliphatic heterocycles. The summed E-state index contributed by atoms with van der Waals surface area (Å²) in [6.07, 6.45) is 0.962. The molecule has 1 aromatic heterocycles. The van der Waals surface area contributed by atoms with Crippen LogP contribution in [0, 0.1) is 0 Å². The molecule has 0 unspecified atom stereocenters. The minimum Gasteiger partial charge on any atom is -0.493 e. The average Bonchev–Trinajstić information content (AvgIpc) is 2.71. The van der Waals surface area contributed by atoms with E-state index in [2.05, 4.69) is 5.32 Å². The maximum atomic E-state index is 12.2. The largest absolute Gasteiger partial charge is 0.493 e. The minimum absolute atomic E-state index is 0.0850. The lowest BCUT2D eigenvalue weighted by atomic mass is 10.1. The van der Waals surface area contributed by atoms with E-state index in [0.29, 0.717) is 30.7 Å². The summed E-state index contributed by atoms with van der Waals surface area (Å²) in [5, 5.41) is 5.82. The normalized spacial score (nSPS) is 10.9. The lowest BCUT2D eigenvalue weighted by Gasteiger charge is -2.10. The Balaban J connectivity index is 1.31. The van der Waals surface area contributed by atoms with Gasteiger partial charge in [0, 0.05) is 28.9 Å². The number of amides is 1. The highest BCUT2D eigenvalue weighted by molar-refractivity contribution is 5.93.